The van der Waals surface area contributed by atoms with E-state index in [1.54, 1.807) is 0 Å². The fraction of sp³-hybridized carbons (Fsp3) is 0.278. The maximum absolute atomic E-state index is 11.2. The lowest BCUT2D eigenvalue weighted by atomic mass is 10.1. The first kappa shape index (κ1) is 17.2. The average Bonchev–Trinajstić information content (AvgIpc) is 2.55. The minimum atomic E-state index is -0.220. The molecule has 0 aliphatic heterocycles. The molecule has 3 N–H and O–H groups in total. The molecule has 0 aliphatic carbocycles. The van der Waals surface area contributed by atoms with Gasteiger partial charge in [-0.2, -0.15) is 0 Å². The van der Waals surface area contributed by atoms with Crippen LogP contribution in [0.25, 0.3) is 0 Å². The highest BCUT2D eigenvalue weighted by atomic mass is 35.5. The van der Waals surface area contributed by atoms with Crippen molar-refractivity contribution in [1.82, 2.24) is 0 Å². The molecule has 0 fully saturated rings. The van der Waals surface area contributed by atoms with Crippen molar-refractivity contribution in [3.63, 3.8) is 0 Å². The van der Waals surface area contributed by atoms with Gasteiger partial charge in [0.15, 0.2) is 0 Å². The van der Waals surface area contributed by atoms with E-state index in [1.165, 1.54) is 7.11 Å². The third kappa shape index (κ3) is 4.89. The van der Waals surface area contributed by atoms with Crippen molar-refractivity contribution in [1.29, 1.82) is 0 Å². The number of halogens is 1. The lowest BCUT2D eigenvalue weighted by Crippen LogP contribution is -2.09. The zero-order valence-electron chi connectivity index (χ0n) is 13.3. The smallest absolute Gasteiger partial charge is 0.305 e. The first-order valence-corrected chi connectivity index (χ1v) is 7.84. The van der Waals surface area contributed by atoms with E-state index in [2.05, 4.69) is 17.0 Å². The summed E-state index contributed by atoms with van der Waals surface area (Å²) in [5.41, 5.74) is 9.78. The van der Waals surface area contributed by atoms with Crippen LogP contribution in [0.5, 0.6) is 0 Å². The van der Waals surface area contributed by atoms with Gasteiger partial charge in [-0.15, -0.1) is 0 Å². The number of rotatable bonds is 6. The van der Waals surface area contributed by atoms with Crippen LogP contribution in [0.15, 0.2) is 42.5 Å². The van der Waals surface area contributed by atoms with Crippen molar-refractivity contribution in [2.24, 2.45) is 0 Å². The molecule has 1 unspecified atom stereocenters. The van der Waals surface area contributed by atoms with Crippen LogP contribution in [0.2, 0.25) is 5.02 Å². The number of nitrogens with one attached hydrogen (secondary N) is 1. The summed E-state index contributed by atoms with van der Waals surface area (Å²) in [6.45, 7) is 2.06. The highest BCUT2D eigenvalue weighted by molar-refractivity contribution is 6.30. The molecule has 0 amide bonds. The molecule has 2 aromatic carbocycles. The molecular formula is C18H21ClN2O2. The Labute approximate surface area is 141 Å². The lowest BCUT2D eigenvalue weighted by molar-refractivity contribution is -0.140. The van der Waals surface area contributed by atoms with Gasteiger partial charge in [0.1, 0.15) is 0 Å². The molecule has 0 aliphatic rings. The third-order valence-corrected chi connectivity index (χ3v) is 3.96. The van der Waals surface area contributed by atoms with Crippen LogP contribution >= 0.6 is 11.6 Å². The quantitative estimate of drug-likeness (QED) is 0.614. The standard InChI is InChI=1S/C18H21ClN2O2/c1-12(14-5-7-15(19)8-6-14)21-17-9-3-13(11-16(17)20)4-10-18(22)23-2/h3,5-9,11-12,21H,4,10,20H2,1-2H3. The number of benzene rings is 2. The summed E-state index contributed by atoms with van der Waals surface area (Å²) in [5.74, 6) is -0.220. The first-order valence-electron chi connectivity index (χ1n) is 7.47. The normalized spacial score (nSPS) is 11.8. The summed E-state index contributed by atoms with van der Waals surface area (Å²) in [7, 11) is 1.39. The van der Waals surface area contributed by atoms with E-state index >= 15 is 0 Å². The summed E-state index contributed by atoms with van der Waals surface area (Å²) in [6.07, 6.45) is 0.966. The molecule has 2 aromatic rings. The van der Waals surface area contributed by atoms with Gasteiger partial charge in [-0.3, -0.25) is 4.79 Å². The Bertz CT molecular complexity index is 671. The van der Waals surface area contributed by atoms with Gasteiger partial charge >= 0.3 is 5.97 Å². The number of carbonyl (C=O) groups excluding carboxylic acids is 1. The zero-order valence-corrected chi connectivity index (χ0v) is 14.1. The number of ether oxygens (including phenoxy) is 1. The van der Waals surface area contributed by atoms with Gasteiger partial charge in [0.05, 0.1) is 18.5 Å². The number of hydrogen-bond acceptors (Lipinski definition) is 4. The summed E-state index contributed by atoms with van der Waals surface area (Å²) in [4.78, 5) is 11.2. The van der Waals surface area contributed by atoms with Crippen LogP contribution in [0.3, 0.4) is 0 Å². The number of anilines is 2. The van der Waals surface area contributed by atoms with Gasteiger partial charge in [0.2, 0.25) is 0 Å². The average molecular weight is 333 g/mol. The lowest BCUT2D eigenvalue weighted by Gasteiger charge is -2.18. The van der Waals surface area contributed by atoms with Crippen LogP contribution in [0.4, 0.5) is 11.4 Å². The molecule has 1 atom stereocenters. The van der Waals surface area contributed by atoms with E-state index < -0.39 is 0 Å². The maximum atomic E-state index is 11.2. The van der Waals surface area contributed by atoms with E-state index in [9.17, 15) is 4.79 Å². The number of methoxy groups -OCH3 is 1. The molecule has 5 heteroatoms. The van der Waals surface area contributed by atoms with Crippen molar-refractivity contribution >= 4 is 28.9 Å². The van der Waals surface area contributed by atoms with Gasteiger partial charge in [-0.05, 0) is 48.7 Å². The molecule has 122 valence electrons. The predicted octanol–water partition coefficient (Wildman–Crippen LogP) is 4.20. The molecular weight excluding hydrogens is 312 g/mol. The summed E-state index contributed by atoms with van der Waals surface area (Å²) < 4.78 is 4.64. The Morgan fingerprint density at radius 3 is 2.57 bits per heavy atom. The van der Waals surface area contributed by atoms with Gasteiger partial charge < -0.3 is 15.8 Å². The fourth-order valence-corrected chi connectivity index (χ4v) is 2.44. The first-order chi connectivity index (χ1) is 11.0. The number of hydrogen-bond donors (Lipinski definition) is 2. The second-order valence-electron chi connectivity index (χ2n) is 5.42. The SMILES string of the molecule is COC(=O)CCc1ccc(NC(C)c2ccc(Cl)cc2)c(N)c1. The van der Waals surface area contributed by atoms with Gasteiger partial charge in [-0.25, -0.2) is 0 Å². The number of nitrogen functional groups attached to an aromatic ring is 1. The Morgan fingerprint density at radius 1 is 1.26 bits per heavy atom. The van der Waals surface area contributed by atoms with Crippen LogP contribution in [-0.2, 0) is 16.0 Å². The van der Waals surface area contributed by atoms with Crippen molar-refractivity contribution in [3.05, 3.63) is 58.6 Å². The molecule has 0 saturated heterocycles. The number of carbonyl (C=O) groups is 1. The van der Waals surface area contributed by atoms with Gasteiger partial charge in [0, 0.05) is 17.5 Å². The summed E-state index contributed by atoms with van der Waals surface area (Å²) >= 11 is 5.91. The summed E-state index contributed by atoms with van der Waals surface area (Å²) in [5, 5.41) is 4.11. The number of nitrogens with two attached hydrogens (primary N) is 1. The molecule has 2 rings (SSSR count). The fourth-order valence-electron chi connectivity index (χ4n) is 2.32. The Morgan fingerprint density at radius 2 is 1.96 bits per heavy atom. The second kappa shape index (κ2) is 7.88. The Hall–Kier alpha value is -2.20. The highest BCUT2D eigenvalue weighted by Gasteiger charge is 2.09. The monoisotopic (exact) mass is 332 g/mol. The highest BCUT2D eigenvalue weighted by Crippen LogP contribution is 2.26. The Balaban J connectivity index is 2.02. The third-order valence-electron chi connectivity index (χ3n) is 3.70. The number of esters is 1. The van der Waals surface area contributed by atoms with E-state index in [0.29, 0.717) is 18.5 Å². The summed E-state index contributed by atoms with van der Waals surface area (Å²) in [6, 6.07) is 13.6. The predicted molar refractivity (Wildman–Crippen MR) is 94.7 cm³/mol. The van der Waals surface area contributed by atoms with Gasteiger partial charge in [-0.1, -0.05) is 29.8 Å². The van der Waals surface area contributed by atoms with Crippen molar-refractivity contribution < 1.29 is 9.53 Å². The molecule has 0 bridgehead atoms. The van der Waals surface area contributed by atoms with Crippen LogP contribution < -0.4 is 11.1 Å². The zero-order chi connectivity index (χ0) is 16.8. The minimum Gasteiger partial charge on any atom is -0.469 e. The van der Waals surface area contributed by atoms with Crippen molar-refractivity contribution in [3.8, 4) is 0 Å². The van der Waals surface area contributed by atoms with Gasteiger partial charge in [0.25, 0.3) is 0 Å². The van der Waals surface area contributed by atoms with E-state index in [4.69, 9.17) is 17.3 Å². The minimum absolute atomic E-state index is 0.107. The van der Waals surface area contributed by atoms with E-state index in [1.807, 2.05) is 42.5 Å². The second-order valence-corrected chi connectivity index (χ2v) is 5.85. The van der Waals surface area contributed by atoms with E-state index in [-0.39, 0.29) is 12.0 Å². The molecule has 23 heavy (non-hydrogen) atoms. The molecule has 0 saturated carbocycles. The van der Waals surface area contributed by atoms with Crippen molar-refractivity contribution in [2.75, 3.05) is 18.2 Å². The van der Waals surface area contributed by atoms with Crippen LogP contribution in [-0.4, -0.2) is 13.1 Å². The topological polar surface area (TPSA) is 64.3 Å². The van der Waals surface area contributed by atoms with E-state index in [0.717, 1.165) is 21.8 Å². The largest absolute Gasteiger partial charge is 0.469 e. The molecule has 0 spiro atoms. The molecule has 0 aromatic heterocycles. The molecule has 0 heterocycles. The molecule has 0 radical (unpaired) electrons. The van der Waals surface area contributed by atoms with Crippen LogP contribution in [0.1, 0.15) is 30.5 Å². The van der Waals surface area contributed by atoms with Crippen LogP contribution in [0, 0.1) is 0 Å². The Kier molecular flexibility index (Phi) is 5.88. The number of aryl methyl sites for hydroxylation is 1. The maximum Gasteiger partial charge on any atom is 0.305 e. The molecule has 4 nitrogen and oxygen atoms in total. The van der Waals surface area contributed by atoms with Crippen molar-refractivity contribution in [2.45, 2.75) is 25.8 Å².